The van der Waals surface area contributed by atoms with Crippen molar-refractivity contribution in [2.45, 2.75) is 96.8 Å². The molecule has 0 N–H and O–H groups in total. The molecule has 5 nitrogen and oxygen atoms in total. The first-order chi connectivity index (χ1) is 13.4. The Labute approximate surface area is 229 Å². The van der Waals surface area contributed by atoms with Gasteiger partial charge in [-0.15, -0.1) is 0 Å². The summed E-state index contributed by atoms with van der Waals surface area (Å²) in [6, 6.07) is 10.1. The summed E-state index contributed by atoms with van der Waals surface area (Å²) in [5.74, 6) is 1.00. The van der Waals surface area contributed by atoms with Crippen LogP contribution in [-0.2, 0) is 10.4 Å². The molecule has 0 bridgehead atoms. The van der Waals surface area contributed by atoms with E-state index in [1.54, 1.807) is 0 Å². The minimum atomic E-state index is -5.17. The molecule has 0 atom stereocenters. The minimum Gasteiger partial charge on any atom is -0.759 e. The summed E-state index contributed by atoms with van der Waals surface area (Å²) >= 11 is 0. The predicted molar refractivity (Wildman–Crippen MR) is 113 cm³/mol. The van der Waals surface area contributed by atoms with Gasteiger partial charge in [0.1, 0.15) is 5.75 Å². The minimum absolute atomic E-state index is 0. The van der Waals surface area contributed by atoms with Crippen molar-refractivity contribution in [3.05, 3.63) is 30.3 Å². The third kappa shape index (κ3) is 33.5. The molecule has 0 amide bonds. The molecule has 30 heavy (non-hydrogen) atoms. The molecule has 0 radical (unpaired) electrons. The molecule has 0 aromatic heterocycles. The maximum atomic E-state index is 8.52. The number of para-hydroxylation sites is 1. The number of hydrogen-bond donors (Lipinski definition) is 0. The Morgan fingerprint density at radius 2 is 1.00 bits per heavy atom. The van der Waals surface area contributed by atoms with Crippen LogP contribution >= 0.6 is 0 Å². The average molecular weight is 461 g/mol. The second kappa shape index (κ2) is 26.1. The van der Waals surface area contributed by atoms with Crippen LogP contribution in [-0.4, -0.2) is 24.1 Å². The molecule has 0 saturated carbocycles. The van der Waals surface area contributed by atoms with E-state index in [9.17, 15) is 0 Å². The van der Waals surface area contributed by atoms with E-state index in [0.29, 0.717) is 0 Å². The Kier molecular flexibility index (Phi) is 30.9. The molecule has 0 heterocycles. The van der Waals surface area contributed by atoms with E-state index in [2.05, 4.69) is 6.92 Å². The molecule has 0 unspecified atom stereocenters. The SMILES string of the molecule is CCCCCCCCCCCCCCCCOc1ccccc1.O=S(=O)([O-])[O-].[Na+].[Na+]. The van der Waals surface area contributed by atoms with Crippen molar-refractivity contribution in [1.29, 1.82) is 0 Å². The summed E-state index contributed by atoms with van der Waals surface area (Å²) < 4.78 is 39.8. The molecule has 1 aromatic rings. The van der Waals surface area contributed by atoms with Gasteiger partial charge in [0.2, 0.25) is 0 Å². The first-order valence-electron chi connectivity index (χ1n) is 10.8. The third-order valence-corrected chi connectivity index (χ3v) is 4.51. The Morgan fingerprint density at radius 3 is 1.37 bits per heavy atom. The fourth-order valence-corrected chi connectivity index (χ4v) is 3.00. The van der Waals surface area contributed by atoms with Gasteiger partial charge in [0.15, 0.2) is 0 Å². The normalized spacial score (nSPS) is 10.2. The van der Waals surface area contributed by atoms with Gasteiger partial charge in [-0.1, -0.05) is 109 Å². The Hall–Kier alpha value is 0.890. The zero-order valence-electron chi connectivity index (χ0n) is 19.4. The predicted octanol–water partition coefficient (Wildman–Crippen LogP) is 0.217. The molecule has 0 aliphatic carbocycles. The number of hydrogen-bond acceptors (Lipinski definition) is 5. The summed E-state index contributed by atoms with van der Waals surface area (Å²) in [6.45, 7) is 3.15. The van der Waals surface area contributed by atoms with Crippen LogP contribution in [0.25, 0.3) is 0 Å². The zero-order chi connectivity index (χ0) is 20.9. The van der Waals surface area contributed by atoms with E-state index < -0.39 is 10.4 Å². The van der Waals surface area contributed by atoms with E-state index in [-0.39, 0.29) is 59.1 Å². The van der Waals surface area contributed by atoms with Crippen molar-refractivity contribution in [2.24, 2.45) is 0 Å². The second-order valence-electron chi connectivity index (χ2n) is 7.17. The molecule has 164 valence electrons. The average Bonchev–Trinajstić information content (AvgIpc) is 2.64. The van der Waals surface area contributed by atoms with Gasteiger partial charge < -0.3 is 13.8 Å². The molecule has 1 rings (SSSR count). The van der Waals surface area contributed by atoms with Gasteiger partial charge >= 0.3 is 59.1 Å². The quantitative estimate of drug-likeness (QED) is 0.152. The van der Waals surface area contributed by atoms with Gasteiger partial charge in [0.05, 0.1) is 6.61 Å². The van der Waals surface area contributed by atoms with Gasteiger partial charge in [-0.2, -0.15) is 0 Å². The zero-order valence-corrected chi connectivity index (χ0v) is 24.3. The standard InChI is InChI=1S/C22H38O.2Na.H2O4S/c1-2-3-4-5-6-7-8-9-10-11-12-13-14-18-21-23-22-19-16-15-17-20-22;;;1-5(2,3)4/h15-17,19-20H,2-14,18,21H2,1H3;;;(H2,1,2,3,4)/q;2*+1;/p-2. The molecular formula is C22H38Na2O5S. The van der Waals surface area contributed by atoms with Crippen LogP contribution in [0.5, 0.6) is 5.75 Å². The largest absolute Gasteiger partial charge is 1.00 e. The van der Waals surface area contributed by atoms with Crippen LogP contribution in [0.1, 0.15) is 96.8 Å². The number of rotatable bonds is 16. The number of unbranched alkanes of at least 4 members (excludes halogenated alkanes) is 13. The summed E-state index contributed by atoms with van der Waals surface area (Å²) in [7, 11) is -5.17. The summed E-state index contributed by atoms with van der Waals surface area (Å²) in [6.07, 6.45) is 19.7. The Morgan fingerprint density at radius 1 is 0.667 bits per heavy atom. The van der Waals surface area contributed by atoms with Crippen LogP contribution in [0.2, 0.25) is 0 Å². The molecule has 0 spiro atoms. The van der Waals surface area contributed by atoms with Gasteiger partial charge in [-0.05, 0) is 18.6 Å². The molecule has 8 heteroatoms. The van der Waals surface area contributed by atoms with Crippen LogP contribution in [0, 0.1) is 0 Å². The monoisotopic (exact) mass is 460 g/mol. The first-order valence-corrected chi connectivity index (χ1v) is 12.1. The molecule has 1 aromatic carbocycles. The van der Waals surface area contributed by atoms with E-state index in [1.807, 2.05) is 30.3 Å². The van der Waals surface area contributed by atoms with Gasteiger partial charge in [-0.3, -0.25) is 8.42 Å². The summed E-state index contributed by atoms with van der Waals surface area (Å²) in [4.78, 5) is 0. The van der Waals surface area contributed by atoms with Crippen molar-refractivity contribution in [2.75, 3.05) is 6.61 Å². The summed E-state index contributed by atoms with van der Waals surface area (Å²) in [5, 5.41) is 0. The summed E-state index contributed by atoms with van der Waals surface area (Å²) in [5.41, 5.74) is 0. The molecule has 0 fully saturated rings. The molecule has 0 saturated heterocycles. The van der Waals surface area contributed by atoms with Gasteiger partial charge in [-0.25, -0.2) is 0 Å². The van der Waals surface area contributed by atoms with Gasteiger partial charge in [0.25, 0.3) is 0 Å². The maximum absolute atomic E-state index is 8.52. The van der Waals surface area contributed by atoms with Crippen LogP contribution in [0.15, 0.2) is 30.3 Å². The topological polar surface area (TPSA) is 89.5 Å². The van der Waals surface area contributed by atoms with Crippen molar-refractivity contribution in [1.82, 2.24) is 0 Å². The van der Waals surface area contributed by atoms with Crippen molar-refractivity contribution in [3.8, 4) is 5.75 Å². The second-order valence-corrected chi connectivity index (χ2v) is 7.98. The fraction of sp³-hybridized carbons (Fsp3) is 0.727. The Bertz CT molecular complexity index is 534. The van der Waals surface area contributed by atoms with E-state index in [1.165, 1.54) is 89.9 Å². The third-order valence-electron chi connectivity index (χ3n) is 4.51. The molecule has 0 aliphatic rings. The van der Waals surface area contributed by atoms with Crippen molar-refractivity contribution >= 4 is 10.4 Å². The number of benzene rings is 1. The first kappa shape index (κ1) is 35.5. The van der Waals surface area contributed by atoms with E-state index in [4.69, 9.17) is 22.3 Å². The van der Waals surface area contributed by atoms with Crippen LogP contribution in [0.3, 0.4) is 0 Å². The number of ether oxygens (including phenoxy) is 1. The Balaban J connectivity index is -0.000000930. The van der Waals surface area contributed by atoms with Crippen molar-refractivity contribution in [3.63, 3.8) is 0 Å². The smallest absolute Gasteiger partial charge is 0.759 e. The van der Waals surface area contributed by atoms with E-state index >= 15 is 0 Å². The van der Waals surface area contributed by atoms with Gasteiger partial charge in [0, 0.05) is 10.4 Å². The fourth-order valence-electron chi connectivity index (χ4n) is 3.00. The van der Waals surface area contributed by atoms with E-state index in [0.717, 1.165) is 12.4 Å². The van der Waals surface area contributed by atoms with Crippen LogP contribution in [0.4, 0.5) is 0 Å². The van der Waals surface area contributed by atoms with Crippen molar-refractivity contribution < 1.29 is 81.4 Å². The van der Waals surface area contributed by atoms with Crippen LogP contribution < -0.4 is 63.9 Å². The molecular weight excluding hydrogens is 422 g/mol. The maximum Gasteiger partial charge on any atom is 1.00 e. The molecule has 0 aliphatic heterocycles.